The van der Waals surface area contributed by atoms with E-state index in [0.29, 0.717) is 40.2 Å². The van der Waals surface area contributed by atoms with Crippen LogP contribution in [-0.4, -0.2) is 79.4 Å². The van der Waals surface area contributed by atoms with Crippen LogP contribution in [0.1, 0.15) is 114 Å². The molecule has 302 valence electrons. The quantitative estimate of drug-likeness (QED) is 0.110. The molecule has 4 bridgehead atoms. The predicted molar refractivity (Wildman–Crippen MR) is 213 cm³/mol. The molecule has 12 heteroatoms. The fraction of sp³-hybridized carbons (Fsp3) is 0.605. The molecule has 0 saturated carbocycles. The Morgan fingerprint density at radius 3 is 2.13 bits per heavy atom. The van der Waals surface area contributed by atoms with Crippen molar-refractivity contribution in [3.63, 3.8) is 0 Å². The number of aliphatic hydroxyl groups excluding tert-OH is 1. The van der Waals surface area contributed by atoms with Crippen LogP contribution in [0.15, 0.2) is 36.4 Å². The van der Waals surface area contributed by atoms with Crippen molar-refractivity contribution in [2.24, 2.45) is 23.3 Å². The van der Waals surface area contributed by atoms with Crippen molar-refractivity contribution < 1.29 is 33.8 Å². The lowest BCUT2D eigenvalue weighted by Gasteiger charge is -2.32. The van der Waals surface area contributed by atoms with Gasteiger partial charge in [0.25, 0.3) is 0 Å². The van der Waals surface area contributed by atoms with Gasteiger partial charge < -0.3 is 36.3 Å². The van der Waals surface area contributed by atoms with Crippen molar-refractivity contribution in [3.8, 4) is 28.7 Å². The number of nitrogens with two attached hydrogens (primary N) is 2. The van der Waals surface area contributed by atoms with Gasteiger partial charge in [-0.25, -0.2) is 0 Å². The molecule has 1 aliphatic rings. The second kappa shape index (κ2) is 24.3. The summed E-state index contributed by atoms with van der Waals surface area (Å²) in [6, 6.07) is 10.6. The van der Waals surface area contributed by atoms with E-state index in [1.54, 1.807) is 38.2 Å². The van der Waals surface area contributed by atoms with Gasteiger partial charge in [0.2, 0.25) is 11.8 Å². The van der Waals surface area contributed by atoms with E-state index < -0.39 is 29.8 Å². The second-order valence-electron chi connectivity index (χ2n) is 14.7. The van der Waals surface area contributed by atoms with E-state index in [-0.39, 0.29) is 76.1 Å². The molecule has 0 aliphatic carbocycles. The maximum absolute atomic E-state index is 14.4. The van der Waals surface area contributed by atoms with Gasteiger partial charge in [-0.2, -0.15) is 5.26 Å². The number of carbonyl (C=O) groups is 4. The SMILES string of the molecule is CCCCCCCCCCC[C@@H](CO)C(=O)N(C)[C@@H]1C(=O)C[C@@H](C)C(=O)N[C@H](C(=O)CCC#N)Cc2ccc(OCCN)c(c2)-c2cc1ccc2OCCN. The number of nitriles is 1. The Balaban J connectivity index is 2.07. The molecule has 2 aromatic rings. The highest BCUT2D eigenvalue weighted by Crippen LogP contribution is 2.40. The van der Waals surface area contributed by atoms with E-state index >= 15 is 0 Å². The summed E-state index contributed by atoms with van der Waals surface area (Å²) < 4.78 is 12.2. The van der Waals surface area contributed by atoms with E-state index in [1.807, 2.05) is 18.2 Å². The zero-order valence-electron chi connectivity index (χ0n) is 33.2. The highest BCUT2D eigenvalue weighted by atomic mass is 16.5. The fourth-order valence-corrected chi connectivity index (χ4v) is 7.12. The van der Waals surface area contributed by atoms with Crippen molar-refractivity contribution in [1.82, 2.24) is 10.2 Å². The van der Waals surface area contributed by atoms with Gasteiger partial charge in [0, 0.05) is 56.4 Å². The van der Waals surface area contributed by atoms with Crippen LogP contribution < -0.4 is 26.3 Å². The number of ether oxygens (including phenoxy) is 2. The first-order chi connectivity index (χ1) is 26.6. The topological polar surface area (TPSA) is 198 Å². The zero-order chi connectivity index (χ0) is 40.2. The van der Waals surface area contributed by atoms with Crippen molar-refractivity contribution >= 4 is 23.4 Å². The number of Topliss-reactive ketones (excluding diaryl/α,β-unsaturated/α-hetero) is 2. The number of amides is 2. The van der Waals surface area contributed by atoms with Crippen LogP contribution in [-0.2, 0) is 25.6 Å². The van der Waals surface area contributed by atoms with E-state index in [4.69, 9.17) is 26.2 Å². The minimum atomic E-state index is -1.10. The lowest BCUT2D eigenvalue weighted by atomic mass is 9.88. The minimum absolute atomic E-state index is 0.000988. The lowest BCUT2D eigenvalue weighted by Crippen LogP contribution is -2.46. The monoisotopic (exact) mass is 761 g/mol. The molecule has 12 nitrogen and oxygen atoms in total. The van der Waals surface area contributed by atoms with E-state index in [9.17, 15) is 24.3 Å². The highest BCUT2D eigenvalue weighted by molar-refractivity contribution is 5.95. The molecular formula is C43H63N5O7. The number of hydrogen-bond donors (Lipinski definition) is 4. The Morgan fingerprint density at radius 2 is 1.53 bits per heavy atom. The smallest absolute Gasteiger partial charge is 0.228 e. The zero-order valence-corrected chi connectivity index (χ0v) is 33.2. The number of likely N-dealkylation sites (N-methyl/N-ethyl adjacent to an activating group) is 1. The second-order valence-corrected chi connectivity index (χ2v) is 14.7. The molecule has 1 aliphatic heterocycles. The van der Waals surface area contributed by atoms with E-state index in [0.717, 1.165) is 25.7 Å². The Kier molecular flexibility index (Phi) is 19.9. The summed E-state index contributed by atoms with van der Waals surface area (Å²) in [5.41, 5.74) is 14.0. The Bertz CT molecular complexity index is 1590. The van der Waals surface area contributed by atoms with Crippen LogP contribution in [0.2, 0.25) is 0 Å². The average Bonchev–Trinajstić information content (AvgIpc) is 3.18. The summed E-state index contributed by atoms with van der Waals surface area (Å²) in [5, 5.41) is 22.4. The predicted octanol–water partition coefficient (Wildman–Crippen LogP) is 5.57. The molecule has 0 spiro atoms. The van der Waals surface area contributed by atoms with Gasteiger partial charge in [-0.05, 0) is 48.2 Å². The summed E-state index contributed by atoms with van der Waals surface area (Å²) in [4.78, 5) is 56.9. The molecule has 0 aromatic heterocycles. The van der Waals surface area contributed by atoms with Gasteiger partial charge in [-0.3, -0.25) is 19.2 Å². The number of unbranched alkanes of at least 4 members (excludes halogenated alkanes) is 8. The van der Waals surface area contributed by atoms with E-state index in [2.05, 4.69) is 12.2 Å². The number of benzene rings is 2. The number of nitrogens with one attached hydrogen (secondary N) is 1. The number of aliphatic hydroxyl groups is 1. The lowest BCUT2D eigenvalue weighted by molar-refractivity contribution is -0.143. The van der Waals surface area contributed by atoms with Gasteiger partial charge in [-0.15, -0.1) is 0 Å². The summed E-state index contributed by atoms with van der Waals surface area (Å²) in [5.74, 6) is -2.11. The fourth-order valence-electron chi connectivity index (χ4n) is 7.12. The first kappa shape index (κ1) is 45.1. The third-order valence-electron chi connectivity index (χ3n) is 10.3. The van der Waals surface area contributed by atoms with Gasteiger partial charge in [0.1, 0.15) is 30.8 Å². The maximum atomic E-state index is 14.4. The maximum Gasteiger partial charge on any atom is 0.228 e. The van der Waals surface area contributed by atoms with Gasteiger partial charge in [-0.1, -0.05) is 83.8 Å². The molecular weight excluding hydrogens is 699 g/mol. The Morgan fingerprint density at radius 1 is 0.927 bits per heavy atom. The first-order valence-corrected chi connectivity index (χ1v) is 20.1. The Labute approximate surface area is 327 Å². The molecule has 55 heavy (non-hydrogen) atoms. The molecule has 0 saturated heterocycles. The average molecular weight is 762 g/mol. The van der Waals surface area contributed by atoms with Crippen molar-refractivity contribution in [2.75, 3.05) is 40.0 Å². The number of hydrogen-bond acceptors (Lipinski definition) is 10. The van der Waals surface area contributed by atoms with Crippen LogP contribution in [0.4, 0.5) is 0 Å². The molecule has 0 radical (unpaired) electrons. The molecule has 0 unspecified atom stereocenters. The summed E-state index contributed by atoms with van der Waals surface area (Å²) in [7, 11) is 1.57. The number of nitrogens with zero attached hydrogens (tertiary/aromatic N) is 2. The third kappa shape index (κ3) is 13.7. The first-order valence-electron chi connectivity index (χ1n) is 20.1. The highest BCUT2D eigenvalue weighted by Gasteiger charge is 2.35. The van der Waals surface area contributed by atoms with Crippen LogP contribution in [0.25, 0.3) is 11.1 Å². The van der Waals surface area contributed by atoms with Crippen molar-refractivity contribution in [1.29, 1.82) is 5.26 Å². The Hall–Kier alpha value is -4.31. The van der Waals surface area contributed by atoms with Crippen LogP contribution >= 0.6 is 0 Å². The summed E-state index contributed by atoms with van der Waals surface area (Å²) in [6.45, 7) is 4.40. The van der Waals surface area contributed by atoms with Crippen molar-refractivity contribution in [2.45, 2.75) is 116 Å². The van der Waals surface area contributed by atoms with E-state index in [1.165, 1.54) is 37.0 Å². The molecule has 3 rings (SSSR count). The molecule has 6 N–H and O–H groups in total. The molecule has 1 heterocycles. The van der Waals surface area contributed by atoms with Crippen LogP contribution in [0.5, 0.6) is 11.5 Å². The van der Waals surface area contributed by atoms with Gasteiger partial charge >= 0.3 is 0 Å². The number of ketones is 2. The standard InChI is InChI=1S/C43H63N5O7/c1-4-5-6-7-8-9-10-11-12-14-33(29-49)43(53)48(3)41-32-17-19-40(55-24-22-46)35(28-32)34-26-31(16-18-39(34)54-23-21-45)27-36(37(50)15-13-20-44)47-42(52)30(2)25-38(41)51/h16-19,26,28,30,33,36,41,49H,4-15,21-25,27,29,45-46H2,1-3H3,(H,47,52)/t30-,33+,36+,41+/m1/s1. The van der Waals surface area contributed by atoms with Gasteiger partial charge in [0.05, 0.1) is 24.6 Å². The summed E-state index contributed by atoms with van der Waals surface area (Å²) >= 11 is 0. The minimum Gasteiger partial charge on any atom is -0.492 e. The molecule has 0 fully saturated rings. The van der Waals surface area contributed by atoms with Crippen LogP contribution in [0, 0.1) is 23.2 Å². The molecule has 2 amide bonds. The molecule has 4 atom stereocenters. The normalized spacial score (nSPS) is 17.7. The number of rotatable bonds is 22. The van der Waals surface area contributed by atoms with Gasteiger partial charge in [0.15, 0.2) is 11.6 Å². The number of carbonyl (C=O) groups excluding carboxylic acids is 4. The third-order valence-corrected chi connectivity index (χ3v) is 10.3. The molecule has 2 aromatic carbocycles. The number of fused-ring (bicyclic) bond motifs is 5. The largest absolute Gasteiger partial charge is 0.492 e. The van der Waals surface area contributed by atoms with Crippen LogP contribution in [0.3, 0.4) is 0 Å². The van der Waals surface area contributed by atoms with Crippen molar-refractivity contribution in [3.05, 3.63) is 47.5 Å². The summed E-state index contributed by atoms with van der Waals surface area (Å²) in [6.07, 6.45) is 10.5.